The first-order chi connectivity index (χ1) is 14.0. The predicted octanol–water partition coefficient (Wildman–Crippen LogP) is 2.78. The summed E-state index contributed by atoms with van der Waals surface area (Å²) in [4.78, 5) is 38.0. The molecule has 7 unspecified atom stereocenters. The average molecular weight is 450 g/mol. The van der Waals surface area contributed by atoms with Crippen molar-refractivity contribution in [3.05, 3.63) is 0 Å². The van der Waals surface area contributed by atoms with Gasteiger partial charge in [0, 0.05) is 11.8 Å². The molecule has 3 rings (SSSR count). The minimum Gasteiger partial charge on any atom is -0.458 e. The lowest BCUT2D eigenvalue weighted by molar-refractivity contribution is -0.307. The fourth-order valence-electron chi connectivity index (χ4n) is 4.66. The maximum atomic E-state index is 13.3. The third-order valence-electron chi connectivity index (χ3n) is 7.58. The number of rotatable bonds is 6. The van der Waals surface area contributed by atoms with E-state index in [9.17, 15) is 32.7 Å². The van der Waals surface area contributed by atoms with E-state index in [-0.39, 0.29) is 5.92 Å². The fourth-order valence-corrected chi connectivity index (χ4v) is 4.66. The molecule has 10 heteroatoms. The summed E-state index contributed by atoms with van der Waals surface area (Å²) in [6, 6.07) is 0. The van der Waals surface area contributed by atoms with Crippen LogP contribution in [0.1, 0.15) is 54.4 Å². The van der Waals surface area contributed by atoms with Crippen LogP contribution in [0.4, 0.5) is 13.2 Å². The van der Waals surface area contributed by atoms with Crippen LogP contribution in [0.2, 0.25) is 0 Å². The average Bonchev–Trinajstić information content (AvgIpc) is 3.23. The zero-order chi connectivity index (χ0) is 23.7. The molecule has 0 aromatic rings. The van der Waals surface area contributed by atoms with Crippen molar-refractivity contribution in [2.24, 2.45) is 29.1 Å². The number of carbonyl (C=O) groups is 3. The van der Waals surface area contributed by atoms with Gasteiger partial charge in [-0.25, -0.2) is 0 Å². The molecule has 1 heterocycles. The second-order valence-electron chi connectivity index (χ2n) is 10.1. The lowest BCUT2D eigenvalue weighted by Gasteiger charge is -2.41. The van der Waals surface area contributed by atoms with Gasteiger partial charge in [-0.2, -0.15) is 13.2 Å². The fraction of sp³-hybridized carbons (Fsp3) is 0.857. The van der Waals surface area contributed by atoms with Crippen molar-refractivity contribution in [3.63, 3.8) is 0 Å². The van der Waals surface area contributed by atoms with Gasteiger partial charge in [0.05, 0.1) is 17.3 Å². The van der Waals surface area contributed by atoms with Gasteiger partial charge in [0.2, 0.25) is 0 Å². The number of aliphatic hydroxyl groups is 1. The van der Waals surface area contributed by atoms with Gasteiger partial charge in [0.15, 0.2) is 5.60 Å². The molecule has 0 radical (unpaired) electrons. The molecular weight excluding hydrogens is 421 g/mol. The minimum absolute atomic E-state index is 0.363. The van der Waals surface area contributed by atoms with Gasteiger partial charge >= 0.3 is 24.1 Å². The van der Waals surface area contributed by atoms with Crippen molar-refractivity contribution >= 4 is 17.9 Å². The van der Waals surface area contributed by atoms with E-state index in [2.05, 4.69) is 0 Å². The van der Waals surface area contributed by atoms with Crippen LogP contribution in [0.5, 0.6) is 0 Å². The number of hydrogen-bond donors (Lipinski definition) is 1. The van der Waals surface area contributed by atoms with E-state index in [1.807, 2.05) is 6.92 Å². The third-order valence-corrected chi connectivity index (χ3v) is 7.58. The van der Waals surface area contributed by atoms with Gasteiger partial charge in [-0.15, -0.1) is 0 Å². The van der Waals surface area contributed by atoms with Crippen LogP contribution in [0, 0.1) is 29.1 Å². The Morgan fingerprint density at radius 2 is 1.71 bits per heavy atom. The van der Waals surface area contributed by atoms with E-state index in [4.69, 9.17) is 14.2 Å². The number of alkyl halides is 3. The normalized spacial score (nSPS) is 34.3. The second-order valence-corrected chi connectivity index (χ2v) is 10.1. The van der Waals surface area contributed by atoms with Crippen LogP contribution in [0.3, 0.4) is 0 Å². The van der Waals surface area contributed by atoms with Gasteiger partial charge in [0.25, 0.3) is 0 Å². The second kappa shape index (κ2) is 7.08. The van der Waals surface area contributed by atoms with Gasteiger partial charge in [-0.3, -0.25) is 14.4 Å². The van der Waals surface area contributed by atoms with E-state index in [0.717, 1.165) is 13.8 Å². The van der Waals surface area contributed by atoms with Crippen molar-refractivity contribution in [2.45, 2.75) is 84.0 Å². The Labute approximate surface area is 178 Å². The smallest absolute Gasteiger partial charge is 0.420 e. The molecule has 3 aliphatic rings. The van der Waals surface area contributed by atoms with Crippen molar-refractivity contribution in [1.82, 2.24) is 0 Å². The Hall–Kier alpha value is -1.84. The monoisotopic (exact) mass is 450 g/mol. The number of fused-ring (bicyclic) bond motifs is 1. The van der Waals surface area contributed by atoms with E-state index in [1.165, 1.54) is 0 Å². The topological polar surface area (TPSA) is 99.1 Å². The summed E-state index contributed by atoms with van der Waals surface area (Å²) in [7, 11) is 0. The Kier molecular flexibility index (Phi) is 5.44. The van der Waals surface area contributed by atoms with Crippen molar-refractivity contribution in [2.75, 3.05) is 0 Å². The first kappa shape index (κ1) is 23.8. The van der Waals surface area contributed by atoms with Crippen LogP contribution >= 0.6 is 0 Å². The molecule has 0 aromatic heterocycles. The maximum Gasteiger partial charge on any atom is 0.420 e. The number of ether oxygens (including phenoxy) is 3. The maximum absolute atomic E-state index is 13.3. The van der Waals surface area contributed by atoms with E-state index < -0.39 is 70.7 Å². The molecule has 0 spiro atoms. The summed E-state index contributed by atoms with van der Waals surface area (Å²) in [5.74, 6) is -5.14. The van der Waals surface area contributed by atoms with E-state index in [1.54, 1.807) is 13.8 Å². The standard InChI is InChI=1S/C21H29F3O7/c1-7-18(2,3)17(27)30-14-10-8-9-11(15(25)29-13(9)14)12(10)16(26)31-19(4,5)20(6,28)21(22,23)24/h9-14,28H,7-8H2,1-6H3. The first-order valence-corrected chi connectivity index (χ1v) is 10.4. The molecule has 7 atom stereocenters. The first-order valence-electron chi connectivity index (χ1n) is 10.4. The predicted molar refractivity (Wildman–Crippen MR) is 99.3 cm³/mol. The summed E-state index contributed by atoms with van der Waals surface area (Å²) >= 11 is 0. The highest BCUT2D eigenvalue weighted by Gasteiger charge is 2.71. The summed E-state index contributed by atoms with van der Waals surface area (Å²) in [6.45, 7) is 7.69. The molecule has 31 heavy (non-hydrogen) atoms. The van der Waals surface area contributed by atoms with Gasteiger partial charge in [-0.1, -0.05) is 6.92 Å². The number of hydrogen-bond acceptors (Lipinski definition) is 7. The lowest BCUT2D eigenvalue weighted by Crippen LogP contribution is -2.60. The van der Waals surface area contributed by atoms with Crippen LogP contribution < -0.4 is 0 Å². The summed E-state index contributed by atoms with van der Waals surface area (Å²) < 4.78 is 56.1. The highest BCUT2D eigenvalue weighted by atomic mass is 19.4. The summed E-state index contributed by atoms with van der Waals surface area (Å²) in [5, 5.41) is 10.0. The van der Waals surface area contributed by atoms with Gasteiger partial charge in [-0.05, 0) is 47.5 Å². The molecule has 3 fully saturated rings. The summed E-state index contributed by atoms with van der Waals surface area (Å²) in [6.07, 6.45) is -5.72. The largest absolute Gasteiger partial charge is 0.458 e. The SMILES string of the molecule is CCC(C)(C)C(=O)OC1C2CC3C1OC(=O)C3C2C(=O)OC(C)(C)C(C)(O)C(F)(F)F. The molecule has 2 saturated carbocycles. The number of halogens is 3. The van der Waals surface area contributed by atoms with Gasteiger partial charge in [0.1, 0.15) is 17.8 Å². The highest BCUT2D eigenvalue weighted by Crippen LogP contribution is 2.59. The Morgan fingerprint density at radius 3 is 2.23 bits per heavy atom. The molecule has 1 aliphatic heterocycles. The Balaban J connectivity index is 1.84. The molecular formula is C21H29F3O7. The third kappa shape index (κ3) is 3.50. The molecule has 1 N–H and O–H groups in total. The lowest BCUT2D eigenvalue weighted by atomic mass is 9.78. The molecule has 7 nitrogen and oxygen atoms in total. The van der Waals surface area contributed by atoms with Crippen LogP contribution in [0.15, 0.2) is 0 Å². The molecule has 2 aliphatic carbocycles. The Morgan fingerprint density at radius 1 is 1.13 bits per heavy atom. The quantitative estimate of drug-likeness (QED) is 0.491. The van der Waals surface area contributed by atoms with Crippen LogP contribution in [-0.2, 0) is 28.6 Å². The Bertz CT molecular complexity index is 786. The summed E-state index contributed by atoms with van der Waals surface area (Å²) in [5.41, 5.74) is -6.42. The van der Waals surface area contributed by atoms with Crippen LogP contribution in [0.25, 0.3) is 0 Å². The molecule has 176 valence electrons. The molecule has 0 aromatic carbocycles. The van der Waals surface area contributed by atoms with Gasteiger partial charge < -0.3 is 19.3 Å². The van der Waals surface area contributed by atoms with E-state index >= 15 is 0 Å². The number of esters is 3. The van der Waals surface area contributed by atoms with Crippen molar-refractivity contribution in [3.8, 4) is 0 Å². The van der Waals surface area contributed by atoms with Crippen molar-refractivity contribution < 1.29 is 46.9 Å². The highest BCUT2D eigenvalue weighted by molar-refractivity contribution is 5.86. The van der Waals surface area contributed by atoms with Crippen molar-refractivity contribution in [1.29, 1.82) is 0 Å². The zero-order valence-electron chi connectivity index (χ0n) is 18.4. The van der Waals surface area contributed by atoms with Crippen LogP contribution in [-0.4, -0.2) is 52.6 Å². The van der Waals surface area contributed by atoms with E-state index in [0.29, 0.717) is 19.8 Å². The number of carbonyl (C=O) groups excluding carboxylic acids is 3. The zero-order valence-corrected chi connectivity index (χ0v) is 18.4. The minimum atomic E-state index is -5.05. The molecule has 1 saturated heterocycles. The molecule has 2 bridgehead atoms. The molecule has 0 amide bonds.